The highest BCUT2D eigenvalue weighted by Gasteiger charge is 2.00. The number of hydrogen-bond acceptors (Lipinski definition) is 4. The van der Waals surface area contributed by atoms with E-state index in [1.807, 2.05) is 6.07 Å². The number of ether oxygens (including phenoxy) is 1. The lowest BCUT2D eigenvalue weighted by Crippen LogP contribution is -2.28. The minimum atomic E-state index is 0.655. The van der Waals surface area contributed by atoms with Crippen molar-refractivity contribution < 1.29 is 4.74 Å². The van der Waals surface area contributed by atoms with Crippen molar-refractivity contribution in [3.05, 3.63) is 23.5 Å². The molecule has 5 heteroatoms. The molecule has 0 spiro atoms. The molecule has 1 aromatic heterocycles. The summed E-state index contributed by atoms with van der Waals surface area (Å²) in [6, 6.07) is 1.87. The van der Waals surface area contributed by atoms with Crippen LogP contribution in [0.1, 0.15) is 0 Å². The zero-order valence-electron chi connectivity index (χ0n) is 9.74. The Labute approximate surface area is 102 Å². The van der Waals surface area contributed by atoms with Gasteiger partial charge >= 0.3 is 0 Å². The first-order valence-electron chi connectivity index (χ1n) is 5.25. The van der Waals surface area contributed by atoms with Crippen molar-refractivity contribution in [2.45, 2.75) is 0 Å². The normalized spacial score (nSPS) is 10.8. The Morgan fingerprint density at radius 2 is 2.31 bits per heavy atom. The van der Waals surface area contributed by atoms with Crippen molar-refractivity contribution in [2.24, 2.45) is 0 Å². The molecule has 0 atom stereocenters. The van der Waals surface area contributed by atoms with Crippen LogP contribution in [0.25, 0.3) is 0 Å². The molecule has 0 radical (unpaired) electrons. The Hall–Kier alpha value is -0.840. The smallest absolute Gasteiger partial charge is 0.0820 e. The molecule has 1 rings (SSSR count). The predicted molar refractivity (Wildman–Crippen MR) is 67.1 cm³/mol. The van der Waals surface area contributed by atoms with Gasteiger partial charge in [0.2, 0.25) is 0 Å². The van der Waals surface area contributed by atoms with Gasteiger partial charge in [-0.05, 0) is 13.1 Å². The zero-order chi connectivity index (χ0) is 11.8. The SMILES string of the molecule is COCCN(C)CCNc1ccncc1Cl. The molecular weight excluding hydrogens is 226 g/mol. The van der Waals surface area contributed by atoms with Gasteiger partial charge in [-0.3, -0.25) is 4.98 Å². The van der Waals surface area contributed by atoms with Crippen LogP contribution in [0.3, 0.4) is 0 Å². The molecule has 0 fully saturated rings. The molecule has 1 N–H and O–H groups in total. The summed E-state index contributed by atoms with van der Waals surface area (Å²) in [7, 11) is 3.78. The van der Waals surface area contributed by atoms with Crippen LogP contribution in [0.15, 0.2) is 18.5 Å². The Kier molecular flexibility index (Phi) is 6.15. The topological polar surface area (TPSA) is 37.4 Å². The molecule has 4 nitrogen and oxygen atoms in total. The van der Waals surface area contributed by atoms with E-state index >= 15 is 0 Å². The fourth-order valence-electron chi connectivity index (χ4n) is 1.26. The molecule has 0 aliphatic carbocycles. The number of nitrogens with one attached hydrogen (secondary N) is 1. The lowest BCUT2D eigenvalue weighted by Gasteiger charge is -2.16. The summed E-state index contributed by atoms with van der Waals surface area (Å²) in [4.78, 5) is 6.13. The first-order valence-corrected chi connectivity index (χ1v) is 5.62. The Morgan fingerprint density at radius 1 is 1.50 bits per heavy atom. The van der Waals surface area contributed by atoms with Crippen LogP contribution in [0.5, 0.6) is 0 Å². The molecule has 0 aliphatic rings. The monoisotopic (exact) mass is 243 g/mol. The fourth-order valence-corrected chi connectivity index (χ4v) is 1.45. The van der Waals surface area contributed by atoms with Crippen molar-refractivity contribution >= 4 is 17.3 Å². The Morgan fingerprint density at radius 3 is 3.00 bits per heavy atom. The van der Waals surface area contributed by atoms with Gasteiger partial charge in [0.15, 0.2) is 0 Å². The van der Waals surface area contributed by atoms with Crippen molar-refractivity contribution in [1.82, 2.24) is 9.88 Å². The highest BCUT2D eigenvalue weighted by Crippen LogP contribution is 2.18. The van der Waals surface area contributed by atoms with Crippen LogP contribution < -0.4 is 5.32 Å². The highest BCUT2D eigenvalue weighted by molar-refractivity contribution is 6.33. The fraction of sp³-hybridized carbons (Fsp3) is 0.545. The van der Waals surface area contributed by atoms with E-state index in [4.69, 9.17) is 16.3 Å². The van der Waals surface area contributed by atoms with Gasteiger partial charge in [0.1, 0.15) is 0 Å². The number of hydrogen-bond donors (Lipinski definition) is 1. The van der Waals surface area contributed by atoms with Gasteiger partial charge in [0, 0.05) is 39.1 Å². The number of methoxy groups -OCH3 is 1. The van der Waals surface area contributed by atoms with E-state index in [1.165, 1.54) is 0 Å². The number of likely N-dealkylation sites (N-methyl/N-ethyl adjacent to an activating group) is 1. The zero-order valence-corrected chi connectivity index (χ0v) is 10.5. The maximum Gasteiger partial charge on any atom is 0.0820 e. The maximum atomic E-state index is 5.96. The van der Waals surface area contributed by atoms with E-state index in [2.05, 4.69) is 22.2 Å². The minimum absolute atomic E-state index is 0.655. The standard InChI is InChI=1S/C11H18ClN3O/c1-15(7-8-16-2)6-5-14-11-3-4-13-9-10(11)12/h3-4,9H,5-8H2,1-2H3,(H,13,14). The van der Waals surface area contributed by atoms with Crippen molar-refractivity contribution in [3.63, 3.8) is 0 Å². The summed E-state index contributed by atoms with van der Waals surface area (Å²) in [5, 5.41) is 3.92. The number of halogens is 1. The minimum Gasteiger partial charge on any atom is -0.383 e. The second kappa shape index (κ2) is 7.44. The first-order chi connectivity index (χ1) is 7.74. The molecular formula is C11H18ClN3O. The van der Waals surface area contributed by atoms with Crippen LogP contribution in [-0.4, -0.2) is 50.3 Å². The van der Waals surface area contributed by atoms with Gasteiger partial charge in [-0.25, -0.2) is 0 Å². The van der Waals surface area contributed by atoms with E-state index in [0.717, 1.165) is 31.9 Å². The lowest BCUT2D eigenvalue weighted by atomic mass is 10.4. The second-order valence-electron chi connectivity index (χ2n) is 3.58. The van der Waals surface area contributed by atoms with Gasteiger partial charge in [-0.15, -0.1) is 0 Å². The lowest BCUT2D eigenvalue weighted by molar-refractivity contribution is 0.163. The summed E-state index contributed by atoms with van der Waals surface area (Å²) in [5.74, 6) is 0. The number of anilines is 1. The van der Waals surface area contributed by atoms with Gasteiger partial charge in [0.05, 0.1) is 17.3 Å². The summed E-state index contributed by atoms with van der Waals surface area (Å²) < 4.78 is 5.00. The largest absolute Gasteiger partial charge is 0.383 e. The van der Waals surface area contributed by atoms with Gasteiger partial charge < -0.3 is 15.0 Å². The van der Waals surface area contributed by atoms with Gasteiger partial charge in [0.25, 0.3) is 0 Å². The third-order valence-corrected chi connectivity index (χ3v) is 2.56. The van der Waals surface area contributed by atoms with Crippen molar-refractivity contribution in [2.75, 3.05) is 45.7 Å². The summed E-state index contributed by atoms with van der Waals surface area (Å²) in [5.41, 5.74) is 0.928. The molecule has 1 heterocycles. The van der Waals surface area contributed by atoms with Crippen molar-refractivity contribution in [3.8, 4) is 0 Å². The molecule has 1 aromatic rings. The number of nitrogens with zero attached hydrogens (tertiary/aromatic N) is 2. The van der Waals surface area contributed by atoms with Gasteiger partial charge in [-0.1, -0.05) is 11.6 Å². The Balaban J connectivity index is 2.23. The summed E-state index contributed by atoms with van der Waals surface area (Å²) in [6.07, 6.45) is 3.36. The third-order valence-electron chi connectivity index (χ3n) is 2.26. The molecule has 0 saturated heterocycles. The van der Waals surface area contributed by atoms with Crippen LogP contribution in [0.2, 0.25) is 5.02 Å². The average molecular weight is 244 g/mol. The quantitative estimate of drug-likeness (QED) is 0.792. The highest BCUT2D eigenvalue weighted by atomic mass is 35.5. The van der Waals surface area contributed by atoms with E-state index in [9.17, 15) is 0 Å². The van der Waals surface area contributed by atoms with E-state index in [0.29, 0.717) is 5.02 Å². The molecule has 0 unspecified atom stereocenters. The van der Waals surface area contributed by atoms with Gasteiger partial charge in [-0.2, -0.15) is 0 Å². The maximum absolute atomic E-state index is 5.96. The van der Waals surface area contributed by atoms with Crippen LogP contribution >= 0.6 is 11.6 Å². The third kappa shape index (κ3) is 4.79. The average Bonchev–Trinajstić information content (AvgIpc) is 2.29. The van der Waals surface area contributed by atoms with Crippen LogP contribution in [0, 0.1) is 0 Å². The first kappa shape index (κ1) is 13.2. The van der Waals surface area contributed by atoms with Crippen LogP contribution in [0.4, 0.5) is 5.69 Å². The molecule has 16 heavy (non-hydrogen) atoms. The molecule has 0 bridgehead atoms. The number of aromatic nitrogens is 1. The summed E-state index contributed by atoms with van der Waals surface area (Å²) in [6.45, 7) is 3.49. The predicted octanol–water partition coefficient (Wildman–Crippen LogP) is 1.73. The molecule has 0 saturated carbocycles. The Bertz CT molecular complexity index is 309. The number of rotatable bonds is 7. The molecule has 0 amide bonds. The molecule has 0 aromatic carbocycles. The van der Waals surface area contributed by atoms with Crippen molar-refractivity contribution in [1.29, 1.82) is 0 Å². The van der Waals surface area contributed by atoms with Crippen LogP contribution in [-0.2, 0) is 4.74 Å². The van der Waals surface area contributed by atoms with E-state index < -0.39 is 0 Å². The number of pyridine rings is 1. The second-order valence-corrected chi connectivity index (χ2v) is 3.99. The van der Waals surface area contributed by atoms with E-state index in [-0.39, 0.29) is 0 Å². The summed E-state index contributed by atoms with van der Waals surface area (Å²) >= 11 is 5.96. The molecule has 0 aliphatic heterocycles. The molecule has 90 valence electrons. The van der Waals surface area contributed by atoms with E-state index in [1.54, 1.807) is 19.5 Å².